The summed E-state index contributed by atoms with van der Waals surface area (Å²) in [6, 6.07) is 5.03. The molecule has 0 aliphatic heterocycles. The van der Waals surface area contributed by atoms with Gasteiger partial charge in [-0.3, -0.25) is 0 Å². The van der Waals surface area contributed by atoms with Gasteiger partial charge in [-0.05, 0) is 18.2 Å². The van der Waals surface area contributed by atoms with Crippen molar-refractivity contribution in [2.45, 2.75) is 11.3 Å². The lowest BCUT2D eigenvalue weighted by Gasteiger charge is -2.21. The van der Waals surface area contributed by atoms with Crippen LogP contribution >= 0.6 is 0 Å². The highest BCUT2D eigenvalue weighted by molar-refractivity contribution is 7.89. The van der Waals surface area contributed by atoms with Crippen LogP contribution in [-0.2, 0) is 14.8 Å². The molecule has 0 aliphatic carbocycles. The molecule has 2 N–H and O–H groups in total. The fourth-order valence-electron chi connectivity index (χ4n) is 1.59. The van der Waals surface area contributed by atoms with Crippen LogP contribution in [0.2, 0.25) is 0 Å². The molecule has 0 radical (unpaired) electrons. The second-order valence-corrected chi connectivity index (χ2v) is 5.89. The molecule has 0 saturated heterocycles. The van der Waals surface area contributed by atoms with Gasteiger partial charge in [-0.15, -0.1) is 0 Å². The van der Waals surface area contributed by atoms with Gasteiger partial charge >= 0.3 is 0 Å². The molecule has 0 atom stereocenters. The third kappa shape index (κ3) is 3.90. The molecule has 6 nitrogen and oxygen atoms in total. The Bertz CT molecular complexity index is 598. The molecule has 8 heteroatoms. The van der Waals surface area contributed by atoms with Gasteiger partial charge in [0.1, 0.15) is 10.7 Å². The molecule has 0 unspecified atom stereocenters. The molecule has 0 aromatic heterocycles. The number of nitrogens with two attached hydrogens (primary N) is 1. The van der Waals surface area contributed by atoms with Crippen LogP contribution in [0.15, 0.2) is 23.1 Å². The normalized spacial score (nSPS) is 11.5. The minimum atomic E-state index is -3.96. The molecule has 0 aliphatic rings. The Morgan fingerprint density at radius 1 is 1.45 bits per heavy atom. The second kappa shape index (κ2) is 7.19. The van der Waals surface area contributed by atoms with Crippen molar-refractivity contribution in [3.05, 3.63) is 24.0 Å². The number of nitrogen functional groups attached to an aromatic ring is 1. The van der Waals surface area contributed by atoms with E-state index in [0.29, 0.717) is 0 Å². The molecular weight excluding hydrogens is 285 g/mol. The maximum Gasteiger partial charge on any atom is 0.245 e. The smallest absolute Gasteiger partial charge is 0.245 e. The molecule has 0 bridgehead atoms. The lowest BCUT2D eigenvalue weighted by molar-refractivity contribution is 0.179. The average molecular weight is 301 g/mol. The van der Waals surface area contributed by atoms with Crippen molar-refractivity contribution in [3.8, 4) is 6.07 Å². The van der Waals surface area contributed by atoms with Gasteiger partial charge in [0.15, 0.2) is 0 Å². The summed E-state index contributed by atoms with van der Waals surface area (Å²) >= 11 is 0. The number of rotatable bonds is 7. The van der Waals surface area contributed by atoms with E-state index in [1.807, 2.05) is 6.07 Å². The largest absolute Gasteiger partial charge is 0.398 e. The Balaban J connectivity index is 3.14. The molecule has 0 heterocycles. The van der Waals surface area contributed by atoms with Crippen LogP contribution in [-0.4, -0.2) is 39.5 Å². The van der Waals surface area contributed by atoms with Crippen LogP contribution in [0.1, 0.15) is 6.42 Å². The molecule has 20 heavy (non-hydrogen) atoms. The van der Waals surface area contributed by atoms with Crippen LogP contribution in [0.5, 0.6) is 0 Å². The standard InChI is InChI=1S/C12H16FN3O3S/c1-19-8-7-16(6-2-5-14)20(17,18)12-9-10(13)3-4-11(12)15/h3-4,9H,2,6-8,15H2,1H3. The first-order chi connectivity index (χ1) is 9.43. The molecule has 0 spiro atoms. The predicted molar refractivity (Wildman–Crippen MR) is 71.7 cm³/mol. The number of sulfonamides is 1. The quantitative estimate of drug-likeness (QED) is 0.757. The summed E-state index contributed by atoms with van der Waals surface area (Å²) in [5.74, 6) is -0.690. The third-order valence-electron chi connectivity index (χ3n) is 2.61. The number of halogens is 1. The second-order valence-electron chi connectivity index (χ2n) is 3.99. The van der Waals surface area contributed by atoms with Gasteiger partial charge in [0.05, 0.1) is 18.4 Å². The van der Waals surface area contributed by atoms with Crippen molar-refractivity contribution in [1.29, 1.82) is 5.26 Å². The summed E-state index contributed by atoms with van der Waals surface area (Å²) in [6.45, 7) is 0.231. The zero-order valence-corrected chi connectivity index (χ0v) is 11.9. The van der Waals surface area contributed by atoms with E-state index in [1.165, 1.54) is 13.2 Å². The molecule has 0 fully saturated rings. The fourth-order valence-corrected chi connectivity index (χ4v) is 3.14. The minimum absolute atomic E-state index is 0.00184. The first-order valence-electron chi connectivity index (χ1n) is 5.84. The number of ether oxygens (including phenoxy) is 1. The number of hydrogen-bond donors (Lipinski definition) is 1. The maximum absolute atomic E-state index is 13.2. The first-order valence-corrected chi connectivity index (χ1v) is 7.28. The summed E-state index contributed by atoms with van der Waals surface area (Å²) in [4.78, 5) is -0.299. The number of methoxy groups -OCH3 is 1. The van der Waals surface area contributed by atoms with E-state index in [-0.39, 0.29) is 36.7 Å². The molecule has 0 amide bonds. The number of nitriles is 1. The zero-order chi connectivity index (χ0) is 15.2. The van der Waals surface area contributed by atoms with E-state index >= 15 is 0 Å². The van der Waals surface area contributed by atoms with Crippen molar-refractivity contribution < 1.29 is 17.5 Å². The van der Waals surface area contributed by atoms with Gasteiger partial charge < -0.3 is 10.5 Å². The van der Waals surface area contributed by atoms with E-state index in [4.69, 9.17) is 15.7 Å². The fraction of sp³-hybridized carbons (Fsp3) is 0.417. The SMILES string of the molecule is COCCN(CCC#N)S(=O)(=O)c1cc(F)ccc1N. The molecule has 0 saturated carbocycles. The first kappa shape index (κ1) is 16.4. The number of nitrogens with zero attached hydrogens (tertiary/aromatic N) is 2. The number of hydrogen-bond acceptors (Lipinski definition) is 5. The Labute approximate surface area is 117 Å². The lowest BCUT2D eigenvalue weighted by atomic mass is 10.3. The van der Waals surface area contributed by atoms with Gasteiger partial charge in [-0.25, -0.2) is 12.8 Å². The van der Waals surface area contributed by atoms with Crippen molar-refractivity contribution in [2.75, 3.05) is 32.5 Å². The summed E-state index contributed by atoms with van der Waals surface area (Å²) < 4.78 is 44.0. The van der Waals surface area contributed by atoms with E-state index in [9.17, 15) is 12.8 Å². The van der Waals surface area contributed by atoms with Gasteiger partial charge in [0.25, 0.3) is 0 Å². The lowest BCUT2D eigenvalue weighted by Crippen LogP contribution is -2.35. The Morgan fingerprint density at radius 3 is 2.75 bits per heavy atom. The van der Waals surface area contributed by atoms with E-state index < -0.39 is 15.8 Å². The van der Waals surface area contributed by atoms with Crippen LogP contribution in [0.4, 0.5) is 10.1 Å². The van der Waals surface area contributed by atoms with Gasteiger partial charge in [-0.2, -0.15) is 9.57 Å². The summed E-state index contributed by atoms with van der Waals surface area (Å²) in [5.41, 5.74) is 5.57. The Morgan fingerprint density at radius 2 is 2.15 bits per heavy atom. The highest BCUT2D eigenvalue weighted by Gasteiger charge is 2.26. The van der Waals surface area contributed by atoms with Crippen LogP contribution in [0, 0.1) is 17.1 Å². The molecular formula is C12H16FN3O3S. The number of benzene rings is 1. The number of anilines is 1. The average Bonchev–Trinajstić information content (AvgIpc) is 2.41. The molecule has 1 aromatic carbocycles. The summed E-state index contributed by atoms with van der Waals surface area (Å²) in [6.07, 6.45) is 0.0260. The highest BCUT2D eigenvalue weighted by atomic mass is 32.2. The Hall–Kier alpha value is -1.69. The highest BCUT2D eigenvalue weighted by Crippen LogP contribution is 2.23. The van der Waals surface area contributed by atoms with E-state index in [2.05, 4.69) is 0 Å². The Kier molecular flexibility index (Phi) is 5.88. The monoisotopic (exact) mass is 301 g/mol. The molecule has 1 rings (SSSR count). The van der Waals surface area contributed by atoms with Crippen LogP contribution in [0.3, 0.4) is 0 Å². The van der Waals surface area contributed by atoms with Crippen LogP contribution in [0.25, 0.3) is 0 Å². The van der Waals surface area contributed by atoms with Crippen molar-refractivity contribution in [2.24, 2.45) is 0 Å². The molecule has 1 aromatic rings. The van der Waals surface area contributed by atoms with Crippen molar-refractivity contribution in [1.82, 2.24) is 4.31 Å². The zero-order valence-electron chi connectivity index (χ0n) is 11.0. The van der Waals surface area contributed by atoms with Crippen molar-refractivity contribution >= 4 is 15.7 Å². The molecule has 110 valence electrons. The van der Waals surface area contributed by atoms with Crippen LogP contribution < -0.4 is 5.73 Å². The van der Waals surface area contributed by atoms with Crippen molar-refractivity contribution in [3.63, 3.8) is 0 Å². The van der Waals surface area contributed by atoms with E-state index in [0.717, 1.165) is 16.4 Å². The minimum Gasteiger partial charge on any atom is -0.398 e. The van der Waals surface area contributed by atoms with Gasteiger partial charge in [-0.1, -0.05) is 0 Å². The summed E-state index contributed by atoms with van der Waals surface area (Å²) in [5, 5.41) is 8.59. The summed E-state index contributed by atoms with van der Waals surface area (Å²) in [7, 11) is -2.53. The van der Waals surface area contributed by atoms with Gasteiger partial charge in [0.2, 0.25) is 10.0 Å². The van der Waals surface area contributed by atoms with Gasteiger partial charge in [0, 0.05) is 26.6 Å². The third-order valence-corrected chi connectivity index (χ3v) is 4.57. The maximum atomic E-state index is 13.2. The topological polar surface area (TPSA) is 96.4 Å². The van der Waals surface area contributed by atoms with E-state index in [1.54, 1.807) is 0 Å². The predicted octanol–water partition coefficient (Wildman–Crippen LogP) is 0.959.